The number of nitrogens with one attached hydrogen (secondary N) is 1. The summed E-state index contributed by atoms with van der Waals surface area (Å²) < 4.78 is 0. The van der Waals surface area contributed by atoms with Crippen LogP contribution in [0.1, 0.15) is 12.8 Å². The molecule has 1 aliphatic carbocycles. The SMILES string of the molecule is C[Si](C)(C)C12CC1CCN2. The van der Waals surface area contributed by atoms with Gasteiger partial charge in [0.15, 0.2) is 0 Å². The standard InChI is InChI=1S/C8H17NSi/c1-10(2,3)8-6-7(8)4-5-9-8/h7,9H,4-6H2,1-3H3. The molecule has 0 radical (unpaired) electrons. The molecule has 1 aliphatic heterocycles. The van der Waals surface area contributed by atoms with E-state index in [1.54, 1.807) is 0 Å². The van der Waals surface area contributed by atoms with Crippen LogP contribution in [0.2, 0.25) is 19.6 Å². The third-order valence-corrected chi connectivity index (χ3v) is 6.84. The summed E-state index contributed by atoms with van der Waals surface area (Å²) in [6.07, 6.45) is 2.94. The van der Waals surface area contributed by atoms with E-state index in [4.69, 9.17) is 0 Å². The van der Waals surface area contributed by atoms with Crippen LogP contribution in [0.15, 0.2) is 0 Å². The highest BCUT2D eigenvalue weighted by molar-refractivity contribution is 6.80. The predicted molar refractivity (Wildman–Crippen MR) is 46.8 cm³/mol. The van der Waals surface area contributed by atoms with Crippen molar-refractivity contribution in [3.63, 3.8) is 0 Å². The van der Waals surface area contributed by atoms with Crippen molar-refractivity contribution in [1.82, 2.24) is 5.32 Å². The maximum atomic E-state index is 3.71. The van der Waals surface area contributed by atoms with E-state index in [1.807, 2.05) is 0 Å². The van der Waals surface area contributed by atoms with Crippen molar-refractivity contribution in [1.29, 1.82) is 0 Å². The third-order valence-electron chi connectivity index (χ3n) is 3.38. The largest absolute Gasteiger partial charge is 0.314 e. The highest BCUT2D eigenvalue weighted by Crippen LogP contribution is 2.54. The molecule has 1 N–H and O–H groups in total. The highest BCUT2D eigenvalue weighted by Gasteiger charge is 2.63. The highest BCUT2D eigenvalue weighted by atomic mass is 28.3. The van der Waals surface area contributed by atoms with Crippen LogP contribution in [-0.2, 0) is 0 Å². The summed E-state index contributed by atoms with van der Waals surface area (Å²) in [5, 5.41) is 4.40. The van der Waals surface area contributed by atoms with Crippen molar-refractivity contribution < 1.29 is 0 Å². The molecule has 0 aromatic rings. The number of fused-ring (bicyclic) bond motifs is 1. The lowest BCUT2D eigenvalue weighted by atomic mass is 10.3. The average Bonchev–Trinajstić information content (AvgIpc) is 2.36. The van der Waals surface area contributed by atoms with Crippen molar-refractivity contribution in [2.75, 3.05) is 6.54 Å². The van der Waals surface area contributed by atoms with Crippen molar-refractivity contribution in [2.45, 2.75) is 37.6 Å². The summed E-state index contributed by atoms with van der Waals surface area (Å²) in [7, 11) is -0.885. The molecule has 0 aromatic carbocycles. The maximum Gasteiger partial charge on any atom is 0.0678 e. The Morgan fingerprint density at radius 3 is 2.30 bits per heavy atom. The Morgan fingerprint density at radius 1 is 1.40 bits per heavy atom. The molecule has 0 bridgehead atoms. The molecule has 2 unspecified atom stereocenters. The first-order valence-corrected chi connectivity index (χ1v) is 7.81. The van der Waals surface area contributed by atoms with E-state index in [2.05, 4.69) is 25.0 Å². The molecule has 2 heteroatoms. The lowest BCUT2D eigenvalue weighted by molar-refractivity contribution is 0.689. The number of rotatable bonds is 1. The van der Waals surface area contributed by atoms with Crippen LogP contribution in [0.4, 0.5) is 0 Å². The monoisotopic (exact) mass is 155 g/mol. The molecule has 0 amide bonds. The maximum absolute atomic E-state index is 3.71. The van der Waals surface area contributed by atoms with Crippen LogP contribution >= 0.6 is 0 Å². The van der Waals surface area contributed by atoms with Crippen LogP contribution in [-0.4, -0.2) is 19.8 Å². The molecule has 2 aliphatic rings. The Bertz CT molecular complexity index is 161. The first kappa shape index (κ1) is 6.86. The lowest BCUT2D eigenvalue weighted by Crippen LogP contribution is -2.50. The summed E-state index contributed by atoms with van der Waals surface area (Å²) in [5.74, 6) is 1.07. The molecule has 0 spiro atoms. The zero-order valence-electron chi connectivity index (χ0n) is 7.20. The third kappa shape index (κ3) is 0.664. The molecular weight excluding hydrogens is 138 g/mol. The normalized spacial score (nSPS) is 45.3. The molecule has 58 valence electrons. The Hall–Kier alpha value is 0.177. The first-order valence-electron chi connectivity index (χ1n) is 4.31. The Balaban J connectivity index is 2.18. The summed E-state index contributed by atoms with van der Waals surface area (Å²) in [4.78, 5) is 0. The van der Waals surface area contributed by atoms with E-state index in [0.717, 1.165) is 5.92 Å². The fraction of sp³-hybridized carbons (Fsp3) is 1.00. The summed E-state index contributed by atoms with van der Waals surface area (Å²) >= 11 is 0. The second-order valence-electron chi connectivity index (χ2n) is 4.84. The van der Waals surface area contributed by atoms with Gasteiger partial charge in [-0.15, -0.1) is 0 Å². The zero-order valence-corrected chi connectivity index (χ0v) is 8.20. The van der Waals surface area contributed by atoms with E-state index in [9.17, 15) is 0 Å². The van der Waals surface area contributed by atoms with Crippen molar-refractivity contribution in [3.05, 3.63) is 0 Å². The fourth-order valence-electron chi connectivity index (χ4n) is 2.55. The molecular formula is C8H17NSi. The van der Waals surface area contributed by atoms with Gasteiger partial charge >= 0.3 is 0 Å². The number of piperidine rings is 1. The van der Waals surface area contributed by atoms with E-state index >= 15 is 0 Å². The summed E-state index contributed by atoms with van der Waals surface area (Å²) in [5.41, 5.74) is 0. The second kappa shape index (κ2) is 1.67. The molecule has 2 fully saturated rings. The van der Waals surface area contributed by atoms with Gasteiger partial charge in [0, 0.05) is 5.16 Å². The molecule has 10 heavy (non-hydrogen) atoms. The number of hydrogen-bond acceptors (Lipinski definition) is 1. The smallest absolute Gasteiger partial charge is 0.0678 e. The van der Waals surface area contributed by atoms with E-state index < -0.39 is 8.07 Å². The van der Waals surface area contributed by atoms with E-state index in [-0.39, 0.29) is 0 Å². The first-order chi connectivity index (χ1) is 4.56. The molecule has 0 aromatic heterocycles. The minimum Gasteiger partial charge on any atom is -0.314 e. The van der Waals surface area contributed by atoms with Gasteiger partial charge < -0.3 is 5.32 Å². The van der Waals surface area contributed by atoms with Gasteiger partial charge in [-0.3, -0.25) is 0 Å². The fourth-order valence-corrected chi connectivity index (χ4v) is 5.43. The van der Waals surface area contributed by atoms with Crippen LogP contribution in [0, 0.1) is 5.92 Å². The second-order valence-corrected chi connectivity index (χ2v) is 10.2. The van der Waals surface area contributed by atoms with E-state index in [0.29, 0.717) is 5.16 Å². The van der Waals surface area contributed by atoms with Crippen molar-refractivity contribution >= 4 is 8.07 Å². The quantitative estimate of drug-likeness (QED) is 0.567. The van der Waals surface area contributed by atoms with E-state index in [1.165, 1.54) is 19.4 Å². The molecule has 1 saturated carbocycles. The molecule has 1 heterocycles. The van der Waals surface area contributed by atoms with Gasteiger partial charge in [-0.05, 0) is 25.3 Å². The molecule has 1 saturated heterocycles. The summed E-state index contributed by atoms with van der Waals surface area (Å²) in [6, 6.07) is 0. The van der Waals surface area contributed by atoms with Crippen molar-refractivity contribution in [2.24, 2.45) is 5.92 Å². The van der Waals surface area contributed by atoms with Gasteiger partial charge in [0.05, 0.1) is 8.07 Å². The van der Waals surface area contributed by atoms with Crippen LogP contribution in [0.25, 0.3) is 0 Å². The molecule has 2 atom stereocenters. The molecule has 2 rings (SSSR count). The van der Waals surface area contributed by atoms with Gasteiger partial charge in [-0.25, -0.2) is 0 Å². The minimum atomic E-state index is -0.885. The summed E-state index contributed by atoms with van der Waals surface area (Å²) in [6.45, 7) is 8.76. The van der Waals surface area contributed by atoms with Gasteiger partial charge in [0.1, 0.15) is 0 Å². The predicted octanol–water partition coefficient (Wildman–Crippen LogP) is 1.62. The Morgan fingerprint density at radius 2 is 2.10 bits per heavy atom. The van der Waals surface area contributed by atoms with Gasteiger partial charge in [0.2, 0.25) is 0 Å². The minimum absolute atomic E-state index is 0.688. The van der Waals surface area contributed by atoms with Gasteiger partial charge in [-0.2, -0.15) is 0 Å². The lowest BCUT2D eigenvalue weighted by Gasteiger charge is -2.27. The topological polar surface area (TPSA) is 12.0 Å². The Labute approximate surface area is 64.2 Å². The van der Waals surface area contributed by atoms with Crippen LogP contribution in [0.3, 0.4) is 0 Å². The average molecular weight is 155 g/mol. The van der Waals surface area contributed by atoms with Crippen LogP contribution < -0.4 is 5.32 Å². The Kier molecular flexibility index (Phi) is 1.14. The van der Waals surface area contributed by atoms with Crippen molar-refractivity contribution in [3.8, 4) is 0 Å². The van der Waals surface area contributed by atoms with Gasteiger partial charge in [0.25, 0.3) is 0 Å². The zero-order chi connectivity index (χ0) is 7.41. The number of hydrogen-bond donors (Lipinski definition) is 1. The molecule has 1 nitrogen and oxygen atoms in total. The van der Waals surface area contributed by atoms with Gasteiger partial charge in [-0.1, -0.05) is 19.6 Å². The van der Waals surface area contributed by atoms with Crippen LogP contribution in [0.5, 0.6) is 0 Å².